The van der Waals surface area contributed by atoms with Crippen LogP contribution in [-0.4, -0.2) is 49.5 Å². The molecule has 7 heteroatoms. The summed E-state index contributed by atoms with van der Waals surface area (Å²) in [4.78, 5) is 22.8. The van der Waals surface area contributed by atoms with Gasteiger partial charge in [0.05, 0.1) is 19.9 Å². The lowest BCUT2D eigenvalue weighted by molar-refractivity contribution is -0.136. The highest BCUT2D eigenvalue weighted by atomic mass is 16.5. The van der Waals surface area contributed by atoms with Gasteiger partial charge in [-0.1, -0.05) is 0 Å². The molecule has 19 heavy (non-hydrogen) atoms. The van der Waals surface area contributed by atoms with E-state index in [1.165, 1.54) is 19.1 Å². The third kappa shape index (κ3) is 4.06. The highest BCUT2D eigenvalue weighted by Crippen LogP contribution is 2.32. The number of nitrogens with zero attached hydrogens (tertiary/aromatic N) is 1. The van der Waals surface area contributed by atoms with Gasteiger partial charge < -0.3 is 24.6 Å². The molecule has 0 aromatic heterocycles. The Morgan fingerprint density at radius 1 is 1.11 bits per heavy atom. The van der Waals surface area contributed by atoms with E-state index in [2.05, 4.69) is 0 Å². The maximum absolute atomic E-state index is 10.8. The third-order valence-corrected chi connectivity index (χ3v) is 2.38. The van der Waals surface area contributed by atoms with Crippen molar-refractivity contribution in [3.05, 3.63) is 18.2 Å². The number of hydrogen-bond acceptors (Lipinski definition) is 5. The second kappa shape index (κ2) is 6.48. The molecule has 0 amide bonds. The van der Waals surface area contributed by atoms with E-state index in [0.29, 0.717) is 17.2 Å². The Bertz CT molecular complexity index is 457. The van der Waals surface area contributed by atoms with Gasteiger partial charge in [0.15, 0.2) is 0 Å². The van der Waals surface area contributed by atoms with Crippen molar-refractivity contribution < 1.29 is 29.3 Å². The summed E-state index contributed by atoms with van der Waals surface area (Å²) in [6.45, 7) is -0.871. The maximum Gasteiger partial charge on any atom is 0.323 e. The van der Waals surface area contributed by atoms with E-state index < -0.39 is 25.0 Å². The lowest BCUT2D eigenvalue weighted by Gasteiger charge is -2.23. The fourth-order valence-electron chi connectivity index (χ4n) is 1.60. The smallest absolute Gasteiger partial charge is 0.323 e. The van der Waals surface area contributed by atoms with E-state index in [4.69, 9.17) is 19.7 Å². The normalized spacial score (nSPS) is 9.79. The number of carbonyl (C=O) groups is 2. The van der Waals surface area contributed by atoms with Gasteiger partial charge in [-0.25, -0.2) is 0 Å². The Labute approximate surface area is 110 Å². The average molecular weight is 269 g/mol. The summed E-state index contributed by atoms with van der Waals surface area (Å²) in [6.07, 6.45) is 0. The number of rotatable bonds is 7. The van der Waals surface area contributed by atoms with Crippen LogP contribution >= 0.6 is 0 Å². The van der Waals surface area contributed by atoms with Crippen LogP contribution in [0.3, 0.4) is 0 Å². The number of hydrogen-bond donors (Lipinski definition) is 2. The van der Waals surface area contributed by atoms with Crippen molar-refractivity contribution in [2.45, 2.75) is 0 Å². The Balaban J connectivity index is 3.12. The molecule has 0 saturated carbocycles. The minimum Gasteiger partial charge on any atom is -0.497 e. The van der Waals surface area contributed by atoms with Crippen LogP contribution in [0.2, 0.25) is 0 Å². The van der Waals surface area contributed by atoms with Crippen LogP contribution in [0, 0.1) is 0 Å². The SMILES string of the molecule is COc1ccc(N(CC(=O)O)CC(=O)O)c(OC)c1. The molecule has 0 radical (unpaired) electrons. The van der Waals surface area contributed by atoms with Crippen LogP contribution in [0.4, 0.5) is 5.69 Å². The zero-order chi connectivity index (χ0) is 14.4. The van der Waals surface area contributed by atoms with Crippen molar-refractivity contribution in [1.82, 2.24) is 0 Å². The van der Waals surface area contributed by atoms with Gasteiger partial charge in [0.2, 0.25) is 0 Å². The van der Waals surface area contributed by atoms with Gasteiger partial charge in [-0.05, 0) is 12.1 Å². The number of ether oxygens (including phenoxy) is 2. The van der Waals surface area contributed by atoms with Crippen molar-refractivity contribution in [1.29, 1.82) is 0 Å². The summed E-state index contributed by atoms with van der Waals surface area (Å²) in [5.41, 5.74) is 0.383. The number of carboxylic acid groups (broad SMARTS) is 2. The molecule has 0 aliphatic rings. The zero-order valence-corrected chi connectivity index (χ0v) is 10.6. The van der Waals surface area contributed by atoms with Gasteiger partial charge in [-0.3, -0.25) is 9.59 Å². The van der Waals surface area contributed by atoms with E-state index in [1.807, 2.05) is 0 Å². The Morgan fingerprint density at radius 2 is 1.68 bits per heavy atom. The molecule has 104 valence electrons. The first kappa shape index (κ1) is 14.6. The minimum absolute atomic E-state index is 0.349. The first-order valence-corrected chi connectivity index (χ1v) is 5.38. The standard InChI is InChI=1S/C12H15NO6/c1-18-8-3-4-9(10(5-8)19-2)13(6-11(14)15)7-12(16)17/h3-5H,6-7H2,1-2H3,(H,14,15)(H,16,17). The predicted molar refractivity (Wildman–Crippen MR) is 67.0 cm³/mol. The number of aliphatic carboxylic acids is 2. The molecule has 1 aromatic rings. The van der Waals surface area contributed by atoms with Crippen molar-refractivity contribution in [2.75, 3.05) is 32.2 Å². The van der Waals surface area contributed by atoms with Crippen molar-refractivity contribution in [2.24, 2.45) is 0 Å². The first-order valence-electron chi connectivity index (χ1n) is 5.38. The van der Waals surface area contributed by atoms with Crippen LogP contribution in [0.1, 0.15) is 0 Å². The molecule has 0 heterocycles. The highest BCUT2D eigenvalue weighted by molar-refractivity contribution is 5.81. The lowest BCUT2D eigenvalue weighted by Crippen LogP contribution is -2.34. The van der Waals surface area contributed by atoms with Crippen LogP contribution in [0.25, 0.3) is 0 Å². The molecule has 2 N–H and O–H groups in total. The molecule has 0 atom stereocenters. The van der Waals surface area contributed by atoms with Gasteiger partial charge in [-0.2, -0.15) is 0 Å². The predicted octanol–water partition coefficient (Wildman–Crippen LogP) is 0.679. The molecular formula is C12H15NO6. The van der Waals surface area contributed by atoms with Crippen LogP contribution < -0.4 is 14.4 Å². The fraction of sp³-hybridized carbons (Fsp3) is 0.333. The van der Waals surface area contributed by atoms with E-state index in [0.717, 1.165) is 0 Å². The second-order valence-corrected chi connectivity index (χ2v) is 3.68. The van der Waals surface area contributed by atoms with Gasteiger partial charge in [-0.15, -0.1) is 0 Å². The van der Waals surface area contributed by atoms with Gasteiger partial charge >= 0.3 is 11.9 Å². The van der Waals surface area contributed by atoms with Crippen LogP contribution in [-0.2, 0) is 9.59 Å². The van der Waals surface area contributed by atoms with Crippen molar-refractivity contribution in [3.63, 3.8) is 0 Å². The summed E-state index contributed by atoms with van der Waals surface area (Å²) >= 11 is 0. The van der Waals surface area contributed by atoms with Crippen LogP contribution in [0.15, 0.2) is 18.2 Å². The maximum atomic E-state index is 10.8. The number of benzene rings is 1. The van der Waals surface area contributed by atoms with E-state index >= 15 is 0 Å². The molecule has 1 rings (SSSR count). The number of anilines is 1. The number of carboxylic acids is 2. The summed E-state index contributed by atoms with van der Waals surface area (Å²) in [6, 6.07) is 4.73. The summed E-state index contributed by atoms with van der Waals surface area (Å²) in [5, 5.41) is 17.6. The molecule has 0 spiro atoms. The summed E-state index contributed by atoms with van der Waals surface area (Å²) in [7, 11) is 2.90. The molecule has 0 aliphatic heterocycles. The topological polar surface area (TPSA) is 96.3 Å². The molecular weight excluding hydrogens is 254 g/mol. The molecule has 0 aliphatic carbocycles. The molecule has 0 saturated heterocycles. The fourth-order valence-corrected chi connectivity index (χ4v) is 1.60. The van der Waals surface area contributed by atoms with E-state index in [-0.39, 0.29) is 0 Å². The lowest BCUT2D eigenvalue weighted by atomic mass is 10.2. The third-order valence-electron chi connectivity index (χ3n) is 2.38. The summed E-state index contributed by atoms with van der Waals surface area (Å²) < 4.78 is 10.1. The van der Waals surface area contributed by atoms with E-state index in [1.54, 1.807) is 18.2 Å². The average Bonchev–Trinajstić information content (AvgIpc) is 2.36. The van der Waals surface area contributed by atoms with Gasteiger partial charge in [0, 0.05) is 6.07 Å². The Hall–Kier alpha value is -2.44. The molecule has 7 nitrogen and oxygen atoms in total. The zero-order valence-electron chi connectivity index (χ0n) is 10.6. The van der Waals surface area contributed by atoms with Crippen molar-refractivity contribution in [3.8, 4) is 11.5 Å². The molecule has 0 fully saturated rings. The van der Waals surface area contributed by atoms with E-state index in [9.17, 15) is 9.59 Å². The summed E-state index contributed by atoms with van der Waals surface area (Å²) in [5.74, 6) is -1.37. The molecule has 0 unspecified atom stereocenters. The quantitative estimate of drug-likeness (QED) is 0.751. The largest absolute Gasteiger partial charge is 0.497 e. The van der Waals surface area contributed by atoms with Gasteiger partial charge in [0.1, 0.15) is 24.6 Å². The number of methoxy groups -OCH3 is 2. The molecule has 1 aromatic carbocycles. The second-order valence-electron chi connectivity index (χ2n) is 3.68. The monoisotopic (exact) mass is 269 g/mol. The van der Waals surface area contributed by atoms with Gasteiger partial charge in [0.25, 0.3) is 0 Å². The van der Waals surface area contributed by atoms with Crippen molar-refractivity contribution >= 4 is 17.6 Å². The highest BCUT2D eigenvalue weighted by Gasteiger charge is 2.18. The Morgan fingerprint density at radius 3 is 2.11 bits per heavy atom. The molecule has 0 bridgehead atoms. The minimum atomic E-state index is -1.13. The Kier molecular flexibility index (Phi) is 4.99. The first-order chi connectivity index (χ1) is 8.97. The van der Waals surface area contributed by atoms with Crippen LogP contribution in [0.5, 0.6) is 11.5 Å².